The lowest BCUT2D eigenvalue weighted by Crippen LogP contribution is -2.54. The second-order valence-corrected chi connectivity index (χ2v) is 13.0. The minimum Gasteiger partial charge on any atom is -0.433 e. The smallest absolute Gasteiger partial charge is 0.345 e. The van der Waals surface area contributed by atoms with Gasteiger partial charge in [-0.3, -0.25) is 0 Å². The molecule has 0 amide bonds. The molecule has 0 aromatic heterocycles. The van der Waals surface area contributed by atoms with Gasteiger partial charge in [-0.15, -0.1) is 0 Å². The average molecular weight is 377 g/mol. The van der Waals surface area contributed by atoms with Crippen molar-refractivity contribution in [2.75, 3.05) is 0 Å². The van der Waals surface area contributed by atoms with Crippen molar-refractivity contribution in [1.29, 1.82) is 0 Å². The third kappa shape index (κ3) is 3.53. The van der Waals surface area contributed by atoms with Gasteiger partial charge in [0.15, 0.2) is 8.32 Å². The van der Waals surface area contributed by atoms with Gasteiger partial charge in [0.25, 0.3) is 11.7 Å². The highest BCUT2D eigenvalue weighted by Gasteiger charge is 2.54. The molecule has 0 bridgehead atoms. The predicted octanol–water partition coefficient (Wildman–Crippen LogP) is 4.53. The van der Waals surface area contributed by atoms with Crippen LogP contribution in [0.2, 0.25) is 19.6 Å². The van der Waals surface area contributed by atoms with Crippen molar-refractivity contribution in [2.24, 2.45) is 5.92 Å². The zero-order chi connectivity index (χ0) is 19.3. The SMILES string of the molecule is CC1C(c2ccccc2)C2=C(OC(C)(C)OC2=O)OC1(C)O[Si](C)(C)C. The molecule has 0 N–H and O–H groups in total. The minimum absolute atomic E-state index is 0.104. The van der Waals surface area contributed by atoms with Gasteiger partial charge < -0.3 is 18.6 Å². The van der Waals surface area contributed by atoms with E-state index in [1.54, 1.807) is 13.8 Å². The van der Waals surface area contributed by atoms with Crippen LogP contribution >= 0.6 is 0 Å². The van der Waals surface area contributed by atoms with E-state index in [9.17, 15) is 4.79 Å². The number of ether oxygens (including phenoxy) is 3. The summed E-state index contributed by atoms with van der Waals surface area (Å²) in [4.78, 5) is 12.8. The Hall–Kier alpha value is -1.79. The number of carbonyl (C=O) groups is 1. The molecule has 0 saturated heterocycles. The van der Waals surface area contributed by atoms with Gasteiger partial charge in [0.2, 0.25) is 5.79 Å². The zero-order valence-corrected chi connectivity index (χ0v) is 17.6. The largest absolute Gasteiger partial charge is 0.433 e. The zero-order valence-electron chi connectivity index (χ0n) is 16.6. The second kappa shape index (κ2) is 6.13. The molecule has 26 heavy (non-hydrogen) atoms. The van der Waals surface area contributed by atoms with Crippen LogP contribution in [0.4, 0.5) is 0 Å². The lowest BCUT2D eigenvalue weighted by atomic mass is 9.76. The molecule has 3 unspecified atom stereocenters. The molecule has 1 aromatic carbocycles. The Labute approximate surface area is 156 Å². The van der Waals surface area contributed by atoms with Crippen molar-refractivity contribution in [3.05, 3.63) is 47.4 Å². The van der Waals surface area contributed by atoms with E-state index in [0.29, 0.717) is 5.57 Å². The van der Waals surface area contributed by atoms with Crippen LogP contribution in [0.15, 0.2) is 41.9 Å². The van der Waals surface area contributed by atoms with Crippen LogP contribution in [0.25, 0.3) is 0 Å². The topological polar surface area (TPSA) is 54.0 Å². The van der Waals surface area contributed by atoms with Gasteiger partial charge in [0.1, 0.15) is 5.57 Å². The van der Waals surface area contributed by atoms with Gasteiger partial charge in [-0.1, -0.05) is 37.3 Å². The standard InChI is InChI=1S/C20H28O5Si/c1-13-15(14-11-9-8-10-12-14)16-17(21)22-19(2,3)23-18(16)24-20(13,4)25-26(5,6)7/h8-13,15H,1-7H3. The van der Waals surface area contributed by atoms with Crippen LogP contribution in [-0.2, 0) is 23.4 Å². The van der Waals surface area contributed by atoms with Crippen molar-refractivity contribution >= 4 is 14.3 Å². The summed E-state index contributed by atoms with van der Waals surface area (Å²) in [6.45, 7) is 13.7. The fourth-order valence-electron chi connectivity index (χ4n) is 3.66. The third-order valence-electron chi connectivity index (χ3n) is 4.72. The number of cyclic esters (lactones) is 1. The lowest BCUT2D eigenvalue weighted by Gasteiger charge is -2.49. The molecule has 0 saturated carbocycles. The van der Waals surface area contributed by atoms with Gasteiger partial charge in [0, 0.05) is 32.6 Å². The summed E-state index contributed by atoms with van der Waals surface area (Å²) in [5.74, 6) is -2.47. The second-order valence-electron chi connectivity index (χ2n) is 8.60. The Morgan fingerprint density at radius 2 is 1.62 bits per heavy atom. The van der Waals surface area contributed by atoms with Gasteiger partial charge in [-0.25, -0.2) is 4.79 Å². The molecule has 142 valence electrons. The van der Waals surface area contributed by atoms with Crippen LogP contribution in [0.1, 0.15) is 39.2 Å². The fourth-order valence-corrected chi connectivity index (χ4v) is 5.10. The van der Waals surface area contributed by atoms with Gasteiger partial charge in [-0.2, -0.15) is 0 Å². The van der Waals surface area contributed by atoms with Crippen LogP contribution in [0.5, 0.6) is 0 Å². The summed E-state index contributed by atoms with van der Waals surface area (Å²) < 4.78 is 24.0. The number of hydrogen-bond acceptors (Lipinski definition) is 5. The van der Waals surface area contributed by atoms with E-state index in [1.807, 2.05) is 37.3 Å². The van der Waals surface area contributed by atoms with E-state index < -0.39 is 25.9 Å². The number of benzene rings is 1. The molecule has 1 aromatic rings. The first-order chi connectivity index (χ1) is 11.9. The highest BCUT2D eigenvalue weighted by molar-refractivity contribution is 6.69. The van der Waals surface area contributed by atoms with E-state index in [4.69, 9.17) is 18.6 Å². The monoisotopic (exact) mass is 376 g/mol. The Balaban J connectivity index is 2.14. The summed E-state index contributed by atoms with van der Waals surface area (Å²) in [6, 6.07) is 9.91. The van der Waals surface area contributed by atoms with Crippen LogP contribution in [0.3, 0.4) is 0 Å². The Morgan fingerprint density at radius 3 is 2.19 bits per heavy atom. The number of carbonyl (C=O) groups excluding carboxylic acids is 1. The van der Waals surface area contributed by atoms with Crippen molar-refractivity contribution < 1.29 is 23.4 Å². The fraction of sp³-hybridized carbons (Fsp3) is 0.550. The van der Waals surface area contributed by atoms with E-state index in [2.05, 4.69) is 26.6 Å². The molecule has 2 aliphatic heterocycles. The quantitative estimate of drug-likeness (QED) is 0.573. The summed E-state index contributed by atoms with van der Waals surface area (Å²) in [6.07, 6.45) is 0. The average Bonchev–Trinajstić information content (AvgIpc) is 2.47. The first-order valence-corrected chi connectivity index (χ1v) is 12.4. The first kappa shape index (κ1) is 19.0. The molecule has 3 rings (SSSR count). The van der Waals surface area contributed by atoms with Crippen molar-refractivity contribution in [3.8, 4) is 0 Å². The van der Waals surface area contributed by atoms with Crippen LogP contribution in [-0.4, -0.2) is 25.9 Å². The molecule has 3 atom stereocenters. The number of hydrogen-bond donors (Lipinski definition) is 0. The van der Waals surface area contributed by atoms with Gasteiger partial charge >= 0.3 is 5.97 Å². The molecule has 5 nitrogen and oxygen atoms in total. The summed E-state index contributed by atoms with van der Waals surface area (Å²) in [7, 11) is -1.92. The summed E-state index contributed by atoms with van der Waals surface area (Å²) in [5, 5.41) is 0. The predicted molar refractivity (Wildman–Crippen MR) is 101 cm³/mol. The van der Waals surface area contributed by atoms with Crippen LogP contribution < -0.4 is 0 Å². The Bertz CT molecular complexity index is 734. The summed E-state index contributed by atoms with van der Waals surface area (Å²) in [5.41, 5.74) is 1.45. The van der Waals surface area contributed by atoms with Crippen molar-refractivity contribution in [2.45, 2.75) is 64.8 Å². The molecular formula is C20H28O5Si. The Morgan fingerprint density at radius 1 is 1.00 bits per heavy atom. The van der Waals surface area contributed by atoms with E-state index >= 15 is 0 Å². The van der Waals surface area contributed by atoms with E-state index in [0.717, 1.165) is 5.56 Å². The summed E-state index contributed by atoms with van der Waals surface area (Å²) >= 11 is 0. The normalized spacial score (nSPS) is 30.8. The molecule has 0 fully saturated rings. The highest BCUT2D eigenvalue weighted by atomic mass is 28.4. The molecule has 0 spiro atoms. The maximum absolute atomic E-state index is 12.8. The van der Waals surface area contributed by atoms with Gasteiger partial charge in [0.05, 0.1) is 0 Å². The van der Waals surface area contributed by atoms with E-state index in [-0.39, 0.29) is 17.8 Å². The van der Waals surface area contributed by atoms with Crippen molar-refractivity contribution in [1.82, 2.24) is 0 Å². The third-order valence-corrected chi connectivity index (χ3v) is 5.74. The Kier molecular flexibility index (Phi) is 4.48. The maximum atomic E-state index is 12.8. The minimum atomic E-state index is -1.92. The number of rotatable bonds is 3. The molecular weight excluding hydrogens is 348 g/mol. The lowest BCUT2D eigenvalue weighted by molar-refractivity contribution is -0.282. The van der Waals surface area contributed by atoms with E-state index in [1.165, 1.54) is 0 Å². The van der Waals surface area contributed by atoms with Crippen LogP contribution in [0, 0.1) is 5.92 Å². The molecule has 6 heteroatoms. The van der Waals surface area contributed by atoms with Gasteiger partial charge in [-0.05, 0) is 25.2 Å². The highest BCUT2D eigenvalue weighted by Crippen LogP contribution is 2.50. The number of esters is 1. The molecule has 2 heterocycles. The maximum Gasteiger partial charge on any atom is 0.345 e. The first-order valence-electron chi connectivity index (χ1n) is 9.02. The van der Waals surface area contributed by atoms with Crippen molar-refractivity contribution in [3.63, 3.8) is 0 Å². The molecule has 2 aliphatic rings. The molecule has 0 aliphatic carbocycles. The molecule has 0 radical (unpaired) electrons.